The summed E-state index contributed by atoms with van der Waals surface area (Å²) in [6, 6.07) is 8.63. The molecule has 1 N–H and O–H groups in total. The summed E-state index contributed by atoms with van der Waals surface area (Å²) in [5, 5.41) is 1.17. The van der Waals surface area contributed by atoms with E-state index in [2.05, 4.69) is 162 Å². The highest BCUT2D eigenvalue weighted by atomic mass is 31.3. The van der Waals surface area contributed by atoms with Crippen LogP contribution in [-0.2, 0) is 6.54 Å². The summed E-state index contributed by atoms with van der Waals surface area (Å²) in [6.45, 7) is 0.700. The Bertz CT molecular complexity index is 930. The van der Waals surface area contributed by atoms with Gasteiger partial charge >= 0.3 is 23.2 Å². The molecule has 204 valence electrons. The number of nitrogens with zero attached hydrogens (tertiary/aromatic N) is 9. The Balaban J connectivity index is 2.92. The van der Waals surface area contributed by atoms with Gasteiger partial charge in [-0.05, 0) is 21.5 Å². The van der Waals surface area contributed by atoms with Gasteiger partial charge in [-0.3, -0.25) is 0 Å². The van der Waals surface area contributed by atoms with Gasteiger partial charge in [-0.25, -0.2) is 4.76 Å². The first-order valence-electron chi connectivity index (χ1n) is 11.8. The van der Waals surface area contributed by atoms with Crippen LogP contribution in [0, 0.1) is 0 Å². The first kappa shape index (κ1) is 31.9. The molecule has 36 heavy (non-hydrogen) atoms. The van der Waals surface area contributed by atoms with Crippen LogP contribution >= 0.6 is 32.5 Å². The Morgan fingerprint density at radius 3 is 1.69 bits per heavy atom. The van der Waals surface area contributed by atoms with Gasteiger partial charge in [0.05, 0.1) is 6.54 Å². The third-order valence-corrected chi connectivity index (χ3v) is 18.6. The molecule has 0 saturated heterocycles. The van der Waals surface area contributed by atoms with Crippen LogP contribution in [0.15, 0.2) is 45.8 Å². The predicted molar refractivity (Wildman–Crippen MR) is 167 cm³/mol. The van der Waals surface area contributed by atoms with E-state index in [0.717, 1.165) is 0 Å². The fourth-order valence-corrected chi connectivity index (χ4v) is 18.7. The van der Waals surface area contributed by atoms with Crippen LogP contribution < -0.4 is 10.2 Å². The fraction of sp³-hybridized carbons (Fsp3) is 0.591. The van der Waals surface area contributed by atoms with Crippen LogP contribution in [0.2, 0.25) is 0 Å². The van der Waals surface area contributed by atoms with Gasteiger partial charge in [-0.2, -0.15) is 0 Å². The van der Waals surface area contributed by atoms with E-state index in [1.807, 2.05) is 12.3 Å². The van der Waals surface area contributed by atoms with E-state index in [1.165, 1.54) is 10.9 Å². The SMILES string of the molecule is CN(C)[P+](N=P1(N[P+](N(C)C)(N(C)C)N(C)C)N=CC=CN1Cc1ccc(P)cc1)(N(C)C)N(C)C. The molecule has 0 spiro atoms. The van der Waals surface area contributed by atoms with Crippen molar-refractivity contribution in [1.29, 1.82) is 0 Å². The van der Waals surface area contributed by atoms with Gasteiger partial charge in [-0.1, -0.05) is 29.1 Å². The number of rotatable bonds is 11. The highest BCUT2D eigenvalue weighted by Gasteiger charge is 2.58. The summed E-state index contributed by atoms with van der Waals surface area (Å²) >= 11 is 0. The topological polar surface area (TPSA) is 59.4 Å². The third-order valence-electron chi connectivity index (χ3n) is 6.05. The average Bonchev–Trinajstić information content (AvgIpc) is 2.77. The minimum absolute atomic E-state index is 0.700. The highest BCUT2D eigenvalue weighted by molar-refractivity contribution is 7.83. The molecule has 1 heterocycles. The zero-order chi connectivity index (χ0) is 27.5. The fourth-order valence-electron chi connectivity index (χ4n) is 4.57. The number of nitrogens with one attached hydrogen (secondary N) is 1. The molecular weight excluding hydrogens is 528 g/mol. The normalized spacial score (nSPS) is 19.1. The van der Waals surface area contributed by atoms with Crippen molar-refractivity contribution in [1.82, 2.24) is 37.6 Å². The van der Waals surface area contributed by atoms with Crippen molar-refractivity contribution in [2.75, 3.05) is 84.6 Å². The predicted octanol–water partition coefficient (Wildman–Crippen LogP) is 3.85. The van der Waals surface area contributed by atoms with Crippen LogP contribution in [-0.4, -0.2) is 123 Å². The lowest BCUT2D eigenvalue weighted by molar-refractivity contribution is 0.449. The third kappa shape index (κ3) is 6.28. The van der Waals surface area contributed by atoms with Crippen molar-refractivity contribution in [2.45, 2.75) is 6.54 Å². The molecule has 10 nitrogen and oxygen atoms in total. The molecule has 0 saturated carbocycles. The van der Waals surface area contributed by atoms with E-state index in [0.29, 0.717) is 6.54 Å². The Morgan fingerprint density at radius 2 is 1.28 bits per heavy atom. The second-order valence-electron chi connectivity index (χ2n) is 9.89. The van der Waals surface area contributed by atoms with Crippen molar-refractivity contribution in [2.24, 2.45) is 9.28 Å². The minimum Gasteiger partial charge on any atom is -0.307 e. The van der Waals surface area contributed by atoms with Crippen LogP contribution in [0.3, 0.4) is 0 Å². The summed E-state index contributed by atoms with van der Waals surface area (Å²) in [7, 11) is 21.1. The zero-order valence-corrected chi connectivity index (χ0v) is 28.0. The van der Waals surface area contributed by atoms with Crippen molar-refractivity contribution >= 4 is 44.0 Å². The summed E-state index contributed by atoms with van der Waals surface area (Å²) in [6.07, 6.45) is 6.08. The molecule has 1 aromatic carbocycles. The molecule has 0 amide bonds. The average molecular weight is 577 g/mol. The van der Waals surface area contributed by atoms with E-state index >= 15 is 0 Å². The van der Waals surface area contributed by atoms with Gasteiger partial charge in [-0.15, -0.1) is 37.3 Å². The number of hydrogen-bond acceptors (Lipinski definition) is 7. The standard InChI is InChI=1S/C22H48N10P4/c1-26(2)35(27(3)4,28(5)6)24-34(25-36(29(7)8,30(9)10)31(11)12)23-18-13-19-32(34)20-21-14-16-22(33)17-15-21/h13-19,24H,20,33H2,1-12H3/q+2. The molecule has 1 aliphatic heterocycles. The Hall–Kier alpha value is -0.330. The van der Waals surface area contributed by atoms with Crippen LogP contribution in [0.4, 0.5) is 0 Å². The van der Waals surface area contributed by atoms with Crippen LogP contribution in [0.1, 0.15) is 5.56 Å². The maximum absolute atomic E-state index is 5.83. The highest BCUT2D eigenvalue weighted by Crippen LogP contribution is 2.77. The van der Waals surface area contributed by atoms with E-state index in [-0.39, 0.29) is 0 Å². The molecular formula is C22H48N10P4+2. The van der Waals surface area contributed by atoms with Crippen LogP contribution in [0.25, 0.3) is 0 Å². The van der Waals surface area contributed by atoms with Gasteiger partial charge < -0.3 is 4.67 Å². The molecule has 14 heteroatoms. The van der Waals surface area contributed by atoms with Gasteiger partial charge in [0.25, 0.3) is 0 Å². The molecule has 2 unspecified atom stereocenters. The van der Waals surface area contributed by atoms with E-state index < -0.39 is 23.2 Å². The molecule has 0 radical (unpaired) electrons. The Labute approximate surface area is 223 Å². The molecule has 1 aliphatic rings. The van der Waals surface area contributed by atoms with Gasteiger partial charge in [0.2, 0.25) is 0 Å². The maximum Gasteiger partial charge on any atom is 0.357 e. The second-order valence-corrected chi connectivity index (χ2v) is 21.0. The quantitative estimate of drug-likeness (QED) is 0.399. The smallest absolute Gasteiger partial charge is 0.307 e. The van der Waals surface area contributed by atoms with E-state index in [1.54, 1.807) is 0 Å². The van der Waals surface area contributed by atoms with E-state index in [4.69, 9.17) is 9.28 Å². The molecule has 0 fully saturated rings. The molecule has 1 aromatic rings. The number of benzene rings is 1. The largest absolute Gasteiger partial charge is 0.357 e. The van der Waals surface area contributed by atoms with Crippen molar-refractivity contribution in [3.05, 3.63) is 42.1 Å². The molecule has 0 aromatic heterocycles. The van der Waals surface area contributed by atoms with Crippen molar-refractivity contribution < 1.29 is 0 Å². The molecule has 0 aliphatic carbocycles. The minimum atomic E-state index is -2.71. The van der Waals surface area contributed by atoms with Gasteiger partial charge in [0.15, 0.2) is 0 Å². The van der Waals surface area contributed by atoms with Crippen molar-refractivity contribution in [3.8, 4) is 0 Å². The number of allylic oxidation sites excluding steroid dienone is 1. The molecule has 2 rings (SSSR count). The lowest BCUT2D eigenvalue weighted by Gasteiger charge is -2.45. The Morgan fingerprint density at radius 1 is 0.806 bits per heavy atom. The van der Waals surface area contributed by atoms with Gasteiger partial charge in [0.1, 0.15) is 0 Å². The molecule has 0 bridgehead atoms. The van der Waals surface area contributed by atoms with Gasteiger partial charge in [0, 0.05) is 97.0 Å². The Kier molecular flexibility index (Phi) is 11.2. The second kappa shape index (κ2) is 12.7. The lowest BCUT2D eigenvalue weighted by Crippen LogP contribution is -2.45. The summed E-state index contributed by atoms with van der Waals surface area (Å²) in [5.74, 6) is 0. The zero-order valence-electron chi connectivity index (χ0n) is 24.2. The van der Waals surface area contributed by atoms with E-state index in [9.17, 15) is 0 Å². The monoisotopic (exact) mass is 576 g/mol. The van der Waals surface area contributed by atoms with Crippen LogP contribution in [0.5, 0.6) is 0 Å². The molecule has 2 atom stereocenters. The number of hydrogen-bond donors (Lipinski definition) is 1. The van der Waals surface area contributed by atoms with Crippen molar-refractivity contribution in [3.63, 3.8) is 0 Å². The first-order valence-corrected chi connectivity index (χ1v) is 17.2. The summed E-state index contributed by atoms with van der Waals surface area (Å²) in [5.41, 5.74) is 1.22. The maximum atomic E-state index is 5.83. The first-order chi connectivity index (χ1) is 16.7. The lowest BCUT2D eigenvalue weighted by atomic mass is 10.2. The summed E-state index contributed by atoms with van der Waals surface area (Å²) in [4.78, 5) is 4.14. The summed E-state index contributed by atoms with van der Waals surface area (Å²) < 4.78 is 27.1.